The van der Waals surface area contributed by atoms with E-state index in [0.717, 1.165) is 0 Å². The lowest BCUT2D eigenvalue weighted by Gasteiger charge is -2.16. The minimum absolute atomic E-state index is 0.000939. The summed E-state index contributed by atoms with van der Waals surface area (Å²) in [5.41, 5.74) is 0. The van der Waals surface area contributed by atoms with E-state index in [-0.39, 0.29) is 5.03 Å². The van der Waals surface area contributed by atoms with Crippen molar-refractivity contribution in [1.82, 2.24) is 29.0 Å². The van der Waals surface area contributed by atoms with Gasteiger partial charge in [0.1, 0.15) is 12.2 Å². The van der Waals surface area contributed by atoms with Crippen LogP contribution in [-0.4, -0.2) is 32.7 Å². The van der Waals surface area contributed by atoms with Crippen LogP contribution in [0.2, 0.25) is 0 Å². The zero-order valence-electron chi connectivity index (χ0n) is 11.7. The van der Waals surface area contributed by atoms with Crippen LogP contribution in [0.3, 0.4) is 0 Å². The average Bonchev–Trinajstić information content (AvgIpc) is 3.04. The maximum absolute atomic E-state index is 12.3. The van der Waals surface area contributed by atoms with Crippen molar-refractivity contribution in [3.63, 3.8) is 0 Å². The number of imidazole rings is 1. The van der Waals surface area contributed by atoms with Gasteiger partial charge in [-0.15, -0.1) is 0 Å². The normalized spacial score (nSPS) is 13.6. The third-order valence-corrected chi connectivity index (χ3v) is 4.28. The lowest BCUT2D eigenvalue weighted by Crippen LogP contribution is -2.30. The van der Waals surface area contributed by atoms with Gasteiger partial charge in [-0.25, -0.2) is 23.1 Å². The van der Waals surface area contributed by atoms with Crippen LogP contribution in [-0.2, 0) is 23.6 Å². The molecule has 110 valence electrons. The van der Waals surface area contributed by atoms with Crippen LogP contribution in [0, 0.1) is 0 Å². The smallest absolute Gasteiger partial charge is 0.260 e. The molecular formula is C11H18N6O2S. The number of aromatic nitrogens is 5. The molecule has 0 amide bonds. The molecule has 20 heavy (non-hydrogen) atoms. The molecule has 0 radical (unpaired) electrons. The van der Waals surface area contributed by atoms with Gasteiger partial charge >= 0.3 is 0 Å². The minimum atomic E-state index is -3.66. The van der Waals surface area contributed by atoms with Crippen molar-refractivity contribution in [2.45, 2.75) is 37.9 Å². The molecule has 2 heterocycles. The van der Waals surface area contributed by atoms with E-state index in [1.807, 2.05) is 13.8 Å². The van der Waals surface area contributed by atoms with Gasteiger partial charge in [-0.2, -0.15) is 9.82 Å². The SMILES string of the molecule is CC[C@H](NS(=O)(=O)c1cn(C)cn1)c1ncnn1CC. The zero-order chi connectivity index (χ0) is 14.8. The van der Waals surface area contributed by atoms with Crippen molar-refractivity contribution in [3.8, 4) is 0 Å². The largest absolute Gasteiger partial charge is 0.339 e. The summed E-state index contributed by atoms with van der Waals surface area (Å²) in [5.74, 6) is 0.606. The Kier molecular flexibility index (Phi) is 4.19. The molecule has 0 aliphatic heterocycles. The molecule has 1 N–H and O–H groups in total. The fourth-order valence-corrected chi connectivity index (χ4v) is 3.14. The van der Waals surface area contributed by atoms with Crippen molar-refractivity contribution < 1.29 is 8.42 Å². The summed E-state index contributed by atoms with van der Waals surface area (Å²) in [6, 6.07) is -0.426. The average molecular weight is 298 g/mol. The highest BCUT2D eigenvalue weighted by Crippen LogP contribution is 2.17. The fourth-order valence-electron chi connectivity index (χ4n) is 1.88. The molecule has 8 nitrogen and oxygen atoms in total. The molecule has 0 aliphatic rings. The van der Waals surface area contributed by atoms with E-state index in [4.69, 9.17) is 0 Å². The first-order valence-corrected chi connectivity index (χ1v) is 7.84. The van der Waals surface area contributed by atoms with Crippen LogP contribution >= 0.6 is 0 Å². The van der Waals surface area contributed by atoms with E-state index in [9.17, 15) is 8.42 Å². The highest BCUT2D eigenvalue weighted by Gasteiger charge is 2.25. The Hall–Kier alpha value is -1.74. The standard InChI is InChI=1S/C11H18N6O2S/c1-4-9(11-12-7-14-17(11)5-2)15-20(18,19)10-6-16(3)8-13-10/h6-9,15H,4-5H2,1-3H3/t9-/m0/s1. The molecule has 0 aliphatic carbocycles. The second kappa shape index (κ2) is 5.71. The van der Waals surface area contributed by atoms with Crippen molar-refractivity contribution in [2.75, 3.05) is 0 Å². The van der Waals surface area contributed by atoms with E-state index >= 15 is 0 Å². The first-order chi connectivity index (χ1) is 9.47. The summed E-state index contributed by atoms with van der Waals surface area (Å²) in [6.07, 6.45) is 4.91. The summed E-state index contributed by atoms with van der Waals surface area (Å²) in [6.45, 7) is 4.45. The topological polar surface area (TPSA) is 94.7 Å². The molecule has 1 atom stereocenters. The Labute approximate surface area is 117 Å². The van der Waals surface area contributed by atoms with E-state index in [2.05, 4.69) is 19.8 Å². The van der Waals surface area contributed by atoms with Crippen LogP contribution in [0.25, 0.3) is 0 Å². The monoisotopic (exact) mass is 298 g/mol. The van der Waals surface area contributed by atoms with Gasteiger partial charge in [0, 0.05) is 19.8 Å². The second-order valence-corrected chi connectivity index (χ2v) is 6.05. The lowest BCUT2D eigenvalue weighted by molar-refractivity contribution is 0.501. The third kappa shape index (κ3) is 2.88. The Balaban J connectivity index is 2.26. The first-order valence-electron chi connectivity index (χ1n) is 6.36. The van der Waals surface area contributed by atoms with Crippen LogP contribution in [0.15, 0.2) is 23.9 Å². The Morgan fingerprint density at radius 3 is 2.65 bits per heavy atom. The second-order valence-electron chi connectivity index (χ2n) is 4.39. The van der Waals surface area contributed by atoms with E-state index < -0.39 is 16.1 Å². The van der Waals surface area contributed by atoms with Crippen LogP contribution < -0.4 is 4.72 Å². The minimum Gasteiger partial charge on any atom is -0.339 e. The zero-order valence-corrected chi connectivity index (χ0v) is 12.5. The summed E-state index contributed by atoms with van der Waals surface area (Å²) in [4.78, 5) is 8.01. The maximum Gasteiger partial charge on any atom is 0.260 e. The molecule has 9 heteroatoms. The fraction of sp³-hybridized carbons (Fsp3) is 0.545. The van der Waals surface area contributed by atoms with Gasteiger partial charge in [-0.05, 0) is 13.3 Å². The highest BCUT2D eigenvalue weighted by atomic mass is 32.2. The number of sulfonamides is 1. The van der Waals surface area contributed by atoms with Crippen molar-refractivity contribution in [2.24, 2.45) is 7.05 Å². The Bertz CT molecular complexity index is 675. The van der Waals surface area contributed by atoms with Gasteiger partial charge in [0.15, 0.2) is 5.03 Å². The van der Waals surface area contributed by atoms with Crippen molar-refractivity contribution in [3.05, 3.63) is 24.7 Å². The molecular weight excluding hydrogens is 280 g/mol. The quantitative estimate of drug-likeness (QED) is 0.836. The van der Waals surface area contributed by atoms with Gasteiger partial charge in [-0.1, -0.05) is 6.92 Å². The van der Waals surface area contributed by atoms with Crippen molar-refractivity contribution in [1.29, 1.82) is 0 Å². The predicted molar refractivity (Wildman–Crippen MR) is 72.3 cm³/mol. The molecule has 2 rings (SSSR count). The van der Waals surface area contributed by atoms with Gasteiger partial charge in [0.2, 0.25) is 0 Å². The number of rotatable bonds is 6. The molecule has 2 aromatic rings. The molecule has 2 aromatic heterocycles. The predicted octanol–water partition coefficient (Wildman–Crippen LogP) is 0.461. The lowest BCUT2D eigenvalue weighted by atomic mass is 10.2. The highest BCUT2D eigenvalue weighted by molar-refractivity contribution is 7.89. The number of hydrogen-bond acceptors (Lipinski definition) is 5. The molecule has 0 saturated carbocycles. The number of hydrogen-bond donors (Lipinski definition) is 1. The van der Waals surface area contributed by atoms with Crippen LogP contribution in [0.1, 0.15) is 32.1 Å². The van der Waals surface area contributed by atoms with E-state index in [1.54, 1.807) is 16.3 Å². The summed E-state index contributed by atoms with van der Waals surface area (Å²) in [7, 11) is -1.95. The molecule has 0 saturated heterocycles. The first kappa shape index (κ1) is 14.7. The molecule has 0 aromatic carbocycles. The van der Waals surface area contributed by atoms with Gasteiger partial charge in [0.25, 0.3) is 10.0 Å². The summed E-state index contributed by atoms with van der Waals surface area (Å²) < 4.78 is 30.4. The number of nitrogens with one attached hydrogen (secondary N) is 1. The molecule has 0 spiro atoms. The molecule has 0 bridgehead atoms. The van der Waals surface area contributed by atoms with Crippen molar-refractivity contribution >= 4 is 10.0 Å². The molecule has 0 fully saturated rings. The molecule has 0 unspecified atom stereocenters. The van der Waals surface area contributed by atoms with Gasteiger partial charge in [0.05, 0.1) is 12.4 Å². The third-order valence-electron chi connectivity index (χ3n) is 2.92. The van der Waals surface area contributed by atoms with Gasteiger partial charge in [-0.3, -0.25) is 0 Å². The summed E-state index contributed by atoms with van der Waals surface area (Å²) in [5, 5.41) is 4.06. The van der Waals surface area contributed by atoms with E-state index in [1.165, 1.54) is 18.9 Å². The van der Waals surface area contributed by atoms with Gasteiger partial charge < -0.3 is 4.57 Å². The number of nitrogens with zero attached hydrogens (tertiary/aromatic N) is 5. The van der Waals surface area contributed by atoms with E-state index in [0.29, 0.717) is 18.8 Å². The van der Waals surface area contributed by atoms with Crippen LogP contribution in [0.4, 0.5) is 0 Å². The number of aryl methyl sites for hydroxylation is 2. The Morgan fingerprint density at radius 2 is 2.10 bits per heavy atom. The summed E-state index contributed by atoms with van der Waals surface area (Å²) >= 11 is 0. The Morgan fingerprint density at radius 1 is 1.35 bits per heavy atom. The maximum atomic E-state index is 12.3. The van der Waals surface area contributed by atoms with Crippen LogP contribution in [0.5, 0.6) is 0 Å².